The molecule has 2 atom stereocenters. The first-order chi connectivity index (χ1) is 15.9. The van der Waals surface area contributed by atoms with Crippen LogP contribution >= 0.6 is 0 Å². The molecule has 0 bridgehead atoms. The number of rotatable bonds is 20. The third-order valence-corrected chi connectivity index (χ3v) is 7.52. The van der Waals surface area contributed by atoms with Crippen molar-refractivity contribution in [2.24, 2.45) is 10.8 Å². The molecule has 6 heteroatoms. The van der Waals surface area contributed by atoms with Gasteiger partial charge in [0.25, 0.3) is 0 Å². The highest BCUT2D eigenvalue weighted by molar-refractivity contribution is 6.02. The summed E-state index contributed by atoms with van der Waals surface area (Å²) in [6, 6.07) is -0.176. The third-order valence-electron chi connectivity index (χ3n) is 7.52. The van der Waals surface area contributed by atoms with Crippen LogP contribution in [0.25, 0.3) is 0 Å². The van der Waals surface area contributed by atoms with Crippen LogP contribution in [0, 0.1) is 10.8 Å². The number of allylic oxidation sites excluding steroid dienone is 1. The van der Waals surface area contributed by atoms with E-state index in [4.69, 9.17) is 9.84 Å². The average Bonchev–Trinajstić information content (AvgIpc) is 3.11. The Balaban J connectivity index is 2.32. The number of urea groups is 1. The first-order valence-electron chi connectivity index (χ1n) is 12.9. The molecule has 1 N–H and O–H groups in total. The van der Waals surface area contributed by atoms with E-state index in [-0.39, 0.29) is 35.9 Å². The summed E-state index contributed by atoms with van der Waals surface area (Å²) in [6.07, 6.45) is 13.8. The predicted octanol–water partition coefficient (Wildman–Crippen LogP) is 5.57. The van der Waals surface area contributed by atoms with Gasteiger partial charge in [-0.05, 0) is 63.7 Å². The zero-order valence-electron chi connectivity index (χ0n) is 21.4. The zero-order valence-corrected chi connectivity index (χ0v) is 21.4. The van der Waals surface area contributed by atoms with Gasteiger partial charge in [0, 0.05) is 38.3 Å². The van der Waals surface area contributed by atoms with Crippen molar-refractivity contribution in [2.45, 2.75) is 85.0 Å². The molecule has 3 amide bonds. The Hall–Kier alpha value is -1.66. The first kappa shape index (κ1) is 29.4. The number of likely N-dealkylation sites (N-methyl/N-ethyl adjacent to an activating group) is 1. The van der Waals surface area contributed by atoms with Gasteiger partial charge in [-0.25, -0.2) is 4.79 Å². The number of carbonyl (C=O) groups is 2. The number of hydrogen-bond donors (Lipinski definition) is 1. The molecule has 0 aliphatic carbocycles. The van der Waals surface area contributed by atoms with Gasteiger partial charge >= 0.3 is 6.03 Å². The molecule has 1 aliphatic rings. The van der Waals surface area contributed by atoms with Gasteiger partial charge in [0.1, 0.15) is 6.54 Å². The van der Waals surface area contributed by atoms with E-state index in [0.717, 1.165) is 77.4 Å². The molecular formula is C27H48N2O4. The van der Waals surface area contributed by atoms with Crippen molar-refractivity contribution < 1.29 is 19.4 Å². The minimum atomic E-state index is -0.238. The van der Waals surface area contributed by atoms with Crippen LogP contribution < -0.4 is 0 Å². The molecule has 1 fully saturated rings. The summed E-state index contributed by atoms with van der Waals surface area (Å²) in [7, 11) is 0. The lowest BCUT2D eigenvalue weighted by molar-refractivity contribution is -0.126. The number of amides is 3. The quantitative estimate of drug-likeness (QED) is 0.145. The number of ether oxygens (including phenoxy) is 1. The summed E-state index contributed by atoms with van der Waals surface area (Å²) in [4.78, 5) is 27.8. The largest absolute Gasteiger partial charge is 0.396 e. The summed E-state index contributed by atoms with van der Waals surface area (Å²) in [5.41, 5.74) is -0.0963. The van der Waals surface area contributed by atoms with Crippen molar-refractivity contribution in [1.29, 1.82) is 0 Å². The van der Waals surface area contributed by atoms with Crippen LogP contribution in [0.5, 0.6) is 0 Å². The second-order valence-electron chi connectivity index (χ2n) is 9.47. The van der Waals surface area contributed by atoms with Gasteiger partial charge < -0.3 is 14.7 Å². The summed E-state index contributed by atoms with van der Waals surface area (Å²) >= 11 is 0. The Kier molecular flexibility index (Phi) is 13.6. The summed E-state index contributed by atoms with van der Waals surface area (Å²) in [5.74, 6) is -0.107. The lowest BCUT2D eigenvalue weighted by Gasteiger charge is -2.33. The topological polar surface area (TPSA) is 70.1 Å². The van der Waals surface area contributed by atoms with E-state index in [1.165, 1.54) is 4.90 Å². The standard InChI is InChI=1S/C27H48N2O4/c1-6-26(7-2,18-15-19-30)16-11-13-20-33-21-14-12-17-27(8-3,9-4)23-29-24(31)22-28(10-5)25(29)32/h6,8,30H,1,3,7,9-23H2,2,4-5H3. The summed E-state index contributed by atoms with van der Waals surface area (Å²) < 4.78 is 5.86. The molecule has 0 spiro atoms. The number of carbonyl (C=O) groups excluding carboxylic acids is 2. The SMILES string of the molecule is C=CC(CC)(CCCO)CCCCOCCCCC(C=C)(CC)CN1C(=O)CN(CC)C1=O. The van der Waals surface area contributed by atoms with Crippen LogP contribution in [0.2, 0.25) is 0 Å². The van der Waals surface area contributed by atoms with Crippen molar-refractivity contribution in [3.8, 4) is 0 Å². The van der Waals surface area contributed by atoms with E-state index in [0.29, 0.717) is 13.1 Å². The number of aliphatic hydroxyl groups is 1. The van der Waals surface area contributed by atoms with Crippen LogP contribution in [0.4, 0.5) is 4.79 Å². The number of unbranched alkanes of at least 4 members (excludes halogenated alkanes) is 2. The summed E-state index contributed by atoms with van der Waals surface area (Å²) in [5, 5.41) is 9.14. The van der Waals surface area contributed by atoms with Crippen molar-refractivity contribution in [3.05, 3.63) is 25.3 Å². The third kappa shape index (κ3) is 8.90. The van der Waals surface area contributed by atoms with Gasteiger partial charge in [-0.2, -0.15) is 0 Å². The van der Waals surface area contributed by atoms with Crippen LogP contribution in [-0.2, 0) is 9.53 Å². The van der Waals surface area contributed by atoms with Gasteiger partial charge in [0.15, 0.2) is 0 Å². The van der Waals surface area contributed by atoms with Crippen molar-refractivity contribution >= 4 is 11.9 Å². The summed E-state index contributed by atoms with van der Waals surface area (Å²) in [6.45, 7) is 17.1. The van der Waals surface area contributed by atoms with Crippen LogP contribution in [-0.4, -0.2) is 66.3 Å². The molecule has 6 nitrogen and oxygen atoms in total. The maximum absolute atomic E-state index is 12.5. The number of nitrogens with zero attached hydrogens (tertiary/aromatic N) is 2. The maximum Gasteiger partial charge on any atom is 0.327 e. The lowest BCUT2D eigenvalue weighted by Crippen LogP contribution is -2.41. The molecule has 1 heterocycles. The van der Waals surface area contributed by atoms with Crippen LogP contribution in [0.15, 0.2) is 25.3 Å². The van der Waals surface area contributed by atoms with Gasteiger partial charge in [-0.15, -0.1) is 13.2 Å². The van der Waals surface area contributed by atoms with Gasteiger partial charge in [0.05, 0.1) is 0 Å². The predicted molar refractivity (Wildman–Crippen MR) is 135 cm³/mol. The van der Waals surface area contributed by atoms with Crippen molar-refractivity contribution in [1.82, 2.24) is 9.80 Å². The highest BCUT2D eigenvalue weighted by Gasteiger charge is 2.39. The smallest absolute Gasteiger partial charge is 0.327 e. The molecule has 190 valence electrons. The molecule has 2 unspecified atom stereocenters. The highest BCUT2D eigenvalue weighted by Crippen LogP contribution is 2.35. The van der Waals surface area contributed by atoms with E-state index in [9.17, 15) is 9.59 Å². The maximum atomic E-state index is 12.5. The Morgan fingerprint density at radius 3 is 1.91 bits per heavy atom. The number of imide groups is 1. The molecule has 0 aromatic heterocycles. The Morgan fingerprint density at radius 1 is 0.909 bits per heavy atom. The van der Waals surface area contributed by atoms with Crippen LogP contribution in [0.3, 0.4) is 0 Å². The number of aliphatic hydroxyl groups excluding tert-OH is 1. The second-order valence-corrected chi connectivity index (χ2v) is 9.47. The molecule has 1 saturated heterocycles. The second kappa shape index (κ2) is 15.3. The average molecular weight is 465 g/mol. The molecule has 1 aliphatic heterocycles. The number of hydrogen-bond acceptors (Lipinski definition) is 4. The van der Waals surface area contributed by atoms with Crippen molar-refractivity contribution in [2.75, 3.05) is 39.5 Å². The molecule has 0 aromatic carbocycles. The highest BCUT2D eigenvalue weighted by atomic mass is 16.5. The fourth-order valence-corrected chi connectivity index (χ4v) is 4.71. The monoisotopic (exact) mass is 464 g/mol. The molecule has 1 rings (SSSR count). The normalized spacial score (nSPS) is 17.8. The van der Waals surface area contributed by atoms with Gasteiger partial charge in [-0.3, -0.25) is 9.69 Å². The molecular weight excluding hydrogens is 416 g/mol. The van der Waals surface area contributed by atoms with Crippen molar-refractivity contribution in [3.63, 3.8) is 0 Å². The first-order valence-corrected chi connectivity index (χ1v) is 12.9. The fourth-order valence-electron chi connectivity index (χ4n) is 4.71. The van der Waals surface area contributed by atoms with E-state index in [1.54, 1.807) is 4.90 Å². The van der Waals surface area contributed by atoms with E-state index in [2.05, 4.69) is 33.1 Å². The van der Waals surface area contributed by atoms with Gasteiger partial charge in [0.2, 0.25) is 5.91 Å². The Bertz CT molecular complexity index is 623. The lowest BCUT2D eigenvalue weighted by atomic mass is 9.76. The molecule has 0 radical (unpaired) electrons. The molecule has 0 saturated carbocycles. The van der Waals surface area contributed by atoms with E-state index < -0.39 is 0 Å². The Labute approximate surface area is 202 Å². The van der Waals surface area contributed by atoms with Crippen LogP contribution in [0.1, 0.15) is 85.0 Å². The van der Waals surface area contributed by atoms with E-state index >= 15 is 0 Å². The molecule has 33 heavy (non-hydrogen) atoms. The Morgan fingerprint density at radius 2 is 1.45 bits per heavy atom. The van der Waals surface area contributed by atoms with E-state index in [1.807, 2.05) is 13.0 Å². The minimum Gasteiger partial charge on any atom is -0.396 e. The van der Waals surface area contributed by atoms with Gasteiger partial charge in [-0.1, -0.05) is 38.8 Å². The fraction of sp³-hybridized carbons (Fsp3) is 0.778. The minimum absolute atomic E-state index is 0.107. The molecule has 0 aromatic rings. The zero-order chi connectivity index (χ0) is 24.7.